The van der Waals surface area contributed by atoms with Gasteiger partial charge in [-0.15, -0.1) is 0 Å². The van der Waals surface area contributed by atoms with E-state index in [1.807, 2.05) is 24.3 Å². The monoisotopic (exact) mass is 381 g/mol. The standard InChI is InChI=1S/C22H27N3O3/c1-27-20-8-7-16(13-21(20)28-2)14-25-22(26)10-12-23-11-9-17-15-24-19-6-4-3-5-18(17)19/h3-8,13,15,23-24H,9-12,14H2,1-2H3,(H,25,26). The molecule has 0 unspecified atom stereocenters. The summed E-state index contributed by atoms with van der Waals surface area (Å²) in [6, 6.07) is 13.9. The summed E-state index contributed by atoms with van der Waals surface area (Å²) in [4.78, 5) is 15.3. The summed E-state index contributed by atoms with van der Waals surface area (Å²) in [5.41, 5.74) is 3.42. The average Bonchev–Trinajstić information content (AvgIpc) is 3.15. The average molecular weight is 381 g/mol. The molecule has 2 aromatic carbocycles. The van der Waals surface area contributed by atoms with Gasteiger partial charge in [-0.25, -0.2) is 0 Å². The second kappa shape index (κ2) is 9.80. The van der Waals surface area contributed by atoms with Crippen molar-refractivity contribution in [3.8, 4) is 11.5 Å². The maximum Gasteiger partial charge on any atom is 0.221 e. The SMILES string of the molecule is COc1ccc(CNC(=O)CCNCCc2c[nH]c3ccccc23)cc1OC. The first kappa shape index (κ1) is 19.8. The third-order valence-electron chi connectivity index (χ3n) is 4.71. The van der Waals surface area contributed by atoms with Crippen LogP contribution in [0.4, 0.5) is 0 Å². The summed E-state index contributed by atoms with van der Waals surface area (Å²) in [6.07, 6.45) is 3.43. The fourth-order valence-electron chi connectivity index (χ4n) is 3.17. The molecule has 1 amide bonds. The first-order valence-electron chi connectivity index (χ1n) is 9.44. The Morgan fingerprint density at radius 3 is 2.68 bits per heavy atom. The minimum absolute atomic E-state index is 0.0226. The van der Waals surface area contributed by atoms with Crippen molar-refractivity contribution >= 4 is 16.8 Å². The van der Waals surface area contributed by atoms with Gasteiger partial charge in [0, 0.05) is 36.6 Å². The van der Waals surface area contributed by atoms with Crippen molar-refractivity contribution in [1.82, 2.24) is 15.6 Å². The normalized spacial score (nSPS) is 10.8. The summed E-state index contributed by atoms with van der Waals surface area (Å²) in [5, 5.41) is 7.54. The van der Waals surface area contributed by atoms with Crippen LogP contribution in [0.5, 0.6) is 11.5 Å². The molecule has 3 N–H and O–H groups in total. The lowest BCUT2D eigenvalue weighted by Gasteiger charge is -2.10. The van der Waals surface area contributed by atoms with E-state index in [2.05, 4.69) is 40.0 Å². The highest BCUT2D eigenvalue weighted by Crippen LogP contribution is 2.27. The van der Waals surface area contributed by atoms with E-state index in [9.17, 15) is 4.79 Å². The lowest BCUT2D eigenvalue weighted by Crippen LogP contribution is -2.28. The van der Waals surface area contributed by atoms with Crippen molar-refractivity contribution in [2.24, 2.45) is 0 Å². The molecule has 3 rings (SSSR count). The van der Waals surface area contributed by atoms with Gasteiger partial charge in [0.05, 0.1) is 14.2 Å². The summed E-state index contributed by atoms with van der Waals surface area (Å²) < 4.78 is 10.5. The molecule has 0 bridgehead atoms. The molecule has 1 heterocycles. The molecule has 0 fully saturated rings. The number of carbonyl (C=O) groups is 1. The molecule has 28 heavy (non-hydrogen) atoms. The fourth-order valence-corrected chi connectivity index (χ4v) is 3.17. The van der Waals surface area contributed by atoms with Crippen LogP contribution in [0.1, 0.15) is 17.5 Å². The van der Waals surface area contributed by atoms with E-state index < -0.39 is 0 Å². The number of methoxy groups -OCH3 is 2. The molecule has 0 aliphatic rings. The third-order valence-corrected chi connectivity index (χ3v) is 4.71. The van der Waals surface area contributed by atoms with Crippen molar-refractivity contribution in [3.05, 3.63) is 59.8 Å². The topological polar surface area (TPSA) is 75.4 Å². The number of para-hydroxylation sites is 1. The Kier molecular flexibility index (Phi) is 6.92. The molecular weight excluding hydrogens is 354 g/mol. The number of carbonyl (C=O) groups excluding carboxylic acids is 1. The molecule has 0 spiro atoms. The van der Waals surface area contributed by atoms with Gasteiger partial charge >= 0.3 is 0 Å². The molecule has 0 radical (unpaired) electrons. The van der Waals surface area contributed by atoms with Gasteiger partial charge in [0.25, 0.3) is 0 Å². The number of fused-ring (bicyclic) bond motifs is 1. The number of benzene rings is 2. The van der Waals surface area contributed by atoms with Crippen LogP contribution in [0.2, 0.25) is 0 Å². The summed E-state index contributed by atoms with van der Waals surface area (Å²) >= 11 is 0. The van der Waals surface area contributed by atoms with E-state index in [1.165, 1.54) is 10.9 Å². The number of H-pyrrole nitrogens is 1. The predicted octanol–water partition coefficient (Wildman–Crippen LogP) is 3.02. The van der Waals surface area contributed by atoms with Crippen LogP contribution in [0.25, 0.3) is 10.9 Å². The van der Waals surface area contributed by atoms with Gasteiger partial charge in [-0.3, -0.25) is 4.79 Å². The zero-order chi connectivity index (χ0) is 19.8. The molecule has 6 nitrogen and oxygen atoms in total. The Bertz CT molecular complexity index is 920. The van der Waals surface area contributed by atoms with Crippen LogP contribution in [0.15, 0.2) is 48.7 Å². The molecule has 0 saturated heterocycles. The summed E-state index contributed by atoms with van der Waals surface area (Å²) in [6.45, 7) is 1.96. The minimum atomic E-state index is 0.0226. The van der Waals surface area contributed by atoms with Gasteiger partial charge < -0.3 is 25.1 Å². The van der Waals surface area contributed by atoms with Crippen LogP contribution in [0.3, 0.4) is 0 Å². The Hall–Kier alpha value is -2.99. The van der Waals surface area contributed by atoms with Crippen LogP contribution in [-0.4, -0.2) is 38.2 Å². The Morgan fingerprint density at radius 1 is 1.04 bits per heavy atom. The van der Waals surface area contributed by atoms with Crippen molar-refractivity contribution < 1.29 is 14.3 Å². The number of rotatable bonds is 10. The van der Waals surface area contributed by atoms with E-state index in [0.717, 1.165) is 24.0 Å². The highest BCUT2D eigenvalue weighted by molar-refractivity contribution is 5.83. The van der Waals surface area contributed by atoms with E-state index in [-0.39, 0.29) is 5.91 Å². The molecule has 0 saturated carbocycles. The van der Waals surface area contributed by atoms with Gasteiger partial charge in [0.15, 0.2) is 11.5 Å². The van der Waals surface area contributed by atoms with Crippen molar-refractivity contribution in [2.45, 2.75) is 19.4 Å². The third kappa shape index (κ3) is 5.04. The van der Waals surface area contributed by atoms with Crippen LogP contribution < -0.4 is 20.1 Å². The van der Waals surface area contributed by atoms with Gasteiger partial charge in [0.2, 0.25) is 5.91 Å². The van der Waals surface area contributed by atoms with Crippen LogP contribution in [-0.2, 0) is 17.8 Å². The smallest absolute Gasteiger partial charge is 0.221 e. The summed E-state index contributed by atoms with van der Waals surface area (Å²) in [7, 11) is 3.20. The Labute approximate surface area is 165 Å². The van der Waals surface area contributed by atoms with E-state index in [4.69, 9.17) is 9.47 Å². The number of aromatic amines is 1. The largest absolute Gasteiger partial charge is 0.493 e. The van der Waals surface area contributed by atoms with Gasteiger partial charge in [-0.05, 0) is 42.3 Å². The van der Waals surface area contributed by atoms with E-state index in [0.29, 0.717) is 31.0 Å². The fraction of sp³-hybridized carbons (Fsp3) is 0.318. The highest BCUT2D eigenvalue weighted by Gasteiger charge is 2.07. The molecule has 0 atom stereocenters. The number of nitrogens with one attached hydrogen (secondary N) is 3. The quantitative estimate of drug-likeness (QED) is 0.472. The van der Waals surface area contributed by atoms with Gasteiger partial charge in [-0.2, -0.15) is 0 Å². The second-order valence-corrected chi connectivity index (χ2v) is 6.58. The number of hydrogen-bond donors (Lipinski definition) is 3. The zero-order valence-corrected chi connectivity index (χ0v) is 16.4. The molecule has 6 heteroatoms. The predicted molar refractivity (Wildman–Crippen MR) is 111 cm³/mol. The second-order valence-electron chi connectivity index (χ2n) is 6.58. The van der Waals surface area contributed by atoms with Crippen molar-refractivity contribution in [2.75, 3.05) is 27.3 Å². The molecule has 148 valence electrons. The van der Waals surface area contributed by atoms with Crippen LogP contribution >= 0.6 is 0 Å². The number of hydrogen-bond acceptors (Lipinski definition) is 4. The van der Waals surface area contributed by atoms with Crippen molar-refractivity contribution in [3.63, 3.8) is 0 Å². The zero-order valence-electron chi connectivity index (χ0n) is 16.4. The van der Waals surface area contributed by atoms with E-state index >= 15 is 0 Å². The molecule has 0 aliphatic heterocycles. The molecular formula is C22H27N3O3. The van der Waals surface area contributed by atoms with E-state index in [1.54, 1.807) is 14.2 Å². The lowest BCUT2D eigenvalue weighted by molar-refractivity contribution is -0.121. The first-order valence-corrected chi connectivity index (χ1v) is 9.44. The highest BCUT2D eigenvalue weighted by atomic mass is 16.5. The first-order chi connectivity index (χ1) is 13.7. The molecule has 1 aromatic heterocycles. The number of aromatic nitrogens is 1. The van der Waals surface area contributed by atoms with Crippen LogP contribution in [0, 0.1) is 0 Å². The van der Waals surface area contributed by atoms with Gasteiger partial charge in [0.1, 0.15) is 0 Å². The van der Waals surface area contributed by atoms with Gasteiger partial charge in [-0.1, -0.05) is 24.3 Å². The van der Waals surface area contributed by atoms with Crippen molar-refractivity contribution in [1.29, 1.82) is 0 Å². The molecule has 0 aliphatic carbocycles. The Morgan fingerprint density at radius 2 is 1.86 bits per heavy atom. The minimum Gasteiger partial charge on any atom is -0.493 e. The lowest BCUT2D eigenvalue weighted by atomic mass is 10.1. The summed E-state index contributed by atoms with van der Waals surface area (Å²) in [5.74, 6) is 1.36. The maximum absolute atomic E-state index is 12.0. The number of amides is 1. The number of ether oxygens (including phenoxy) is 2. The Balaban J connectivity index is 1.36. The maximum atomic E-state index is 12.0. The molecule has 3 aromatic rings.